The monoisotopic (exact) mass is 427 g/mol. The molecule has 0 aliphatic carbocycles. The van der Waals surface area contributed by atoms with E-state index in [9.17, 15) is 9.59 Å². The lowest BCUT2D eigenvalue weighted by Crippen LogP contribution is -2.36. The van der Waals surface area contributed by atoms with Gasteiger partial charge in [0.05, 0.1) is 22.6 Å². The van der Waals surface area contributed by atoms with Crippen LogP contribution in [0.15, 0.2) is 21.5 Å². The Balaban J connectivity index is 2.37. The summed E-state index contributed by atoms with van der Waals surface area (Å²) in [7, 11) is 1.57. The fourth-order valence-electron chi connectivity index (χ4n) is 2.37. The number of amides is 2. The number of hydrogen-bond acceptors (Lipinski definition) is 5. The molecule has 0 spiro atoms. The average molecular weight is 428 g/mol. The summed E-state index contributed by atoms with van der Waals surface area (Å²) in [5.41, 5.74) is 0.759. The molecule has 2 amide bonds. The molecule has 0 saturated carbocycles. The lowest BCUT2D eigenvalue weighted by molar-refractivity contribution is -0.124. The second-order valence-electron chi connectivity index (χ2n) is 6.01. The first-order valence-electron chi connectivity index (χ1n) is 8.09. The third-order valence-corrected chi connectivity index (χ3v) is 5.23. The van der Waals surface area contributed by atoms with Gasteiger partial charge in [-0.05, 0) is 78.7 Å². The summed E-state index contributed by atoms with van der Waals surface area (Å²) in [6.07, 6.45) is 2.44. The van der Waals surface area contributed by atoms with E-state index in [1.54, 1.807) is 19.3 Å². The van der Waals surface area contributed by atoms with Gasteiger partial charge in [0.15, 0.2) is 11.5 Å². The van der Waals surface area contributed by atoms with Crippen LogP contribution in [0.4, 0.5) is 4.79 Å². The Morgan fingerprint density at radius 2 is 1.96 bits per heavy atom. The summed E-state index contributed by atoms with van der Waals surface area (Å²) in [6, 6.07) is 3.53. The zero-order chi connectivity index (χ0) is 18.7. The summed E-state index contributed by atoms with van der Waals surface area (Å²) in [5.74, 6) is 0.930. The van der Waals surface area contributed by atoms with E-state index < -0.39 is 0 Å². The second-order valence-corrected chi connectivity index (χ2v) is 7.86. The third kappa shape index (κ3) is 4.39. The maximum atomic E-state index is 12.5. The van der Waals surface area contributed by atoms with E-state index in [4.69, 9.17) is 9.47 Å². The predicted molar refractivity (Wildman–Crippen MR) is 104 cm³/mol. The van der Waals surface area contributed by atoms with Gasteiger partial charge in [-0.2, -0.15) is 0 Å². The molecule has 1 fully saturated rings. The van der Waals surface area contributed by atoms with Crippen molar-refractivity contribution in [3.05, 3.63) is 27.1 Å². The number of imide groups is 1. The van der Waals surface area contributed by atoms with Crippen LogP contribution < -0.4 is 9.47 Å². The Morgan fingerprint density at radius 3 is 2.52 bits per heavy atom. The van der Waals surface area contributed by atoms with E-state index in [1.807, 2.05) is 33.8 Å². The molecule has 1 aliphatic heterocycles. The van der Waals surface area contributed by atoms with Gasteiger partial charge in [0.2, 0.25) is 0 Å². The van der Waals surface area contributed by atoms with Crippen LogP contribution >= 0.6 is 27.7 Å². The molecule has 0 N–H and O–H groups in total. The largest absolute Gasteiger partial charge is 0.493 e. The number of thioether (sulfide) groups is 1. The summed E-state index contributed by atoms with van der Waals surface area (Å²) >= 11 is 4.45. The molecule has 7 heteroatoms. The smallest absolute Gasteiger partial charge is 0.293 e. The van der Waals surface area contributed by atoms with Gasteiger partial charge in [-0.1, -0.05) is 6.92 Å². The number of carbonyl (C=O) groups is 2. The predicted octanol–water partition coefficient (Wildman–Crippen LogP) is 5.08. The summed E-state index contributed by atoms with van der Waals surface area (Å²) < 4.78 is 11.9. The number of carbonyl (C=O) groups excluding carboxylic acids is 2. The fraction of sp³-hybridized carbons (Fsp3) is 0.444. The summed E-state index contributed by atoms with van der Waals surface area (Å²) in [4.78, 5) is 26.4. The zero-order valence-corrected chi connectivity index (χ0v) is 17.4. The van der Waals surface area contributed by atoms with Gasteiger partial charge < -0.3 is 9.47 Å². The van der Waals surface area contributed by atoms with E-state index in [-0.39, 0.29) is 23.3 Å². The second kappa shape index (κ2) is 8.27. The molecule has 0 unspecified atom stereocenters. The van der Waals surface area contributed by atoms with Crippen molar-refractivity contribution in [2.75, 3.05) is 7.11 Å². The van der Waals surface area contributed by atoms with Gasteiger partial charge in [0.1, 0.15) is 0 Å². The number of ether oxygens (including phenoxy) is 2. The number of benzene rings is 1. The lowest BCUT2D eigenvalue weighted by Gasteiger charge is -2.19. The molecule has 0 aromatic heterocycles. The van der Waals surface area contributed by atoms with Crippen molar-refractivity contribution in [1.82, 2.24) is 4.90 Å². The highest BCUT2D eigenvalue weighted by Gasteiger charge is 2.37. The molecule has 1 aliphatic rings. The van der Waals surface area contributed by atoms with E-state index in [0.717, 1.165) is 28.2 Å². The van der Waals surface area contributed by atoms with Crippen molar-refractivity contribution in [1.29, 1.82) is 0 Å². The first kappa shape index (κ1) is 19.8. The van der Waals surface area contributed by atoms with Crippen molar-refractivity contribution in [3.63, 3.8) is 0 Å². The molecule has 0 bridgehead atoms. The van der Waals surface area contributed by atoms with Gasteiger partial charge in [0, 0.05) is 6.04 Å². The van der Waals surface area contributed by atoms with E-state index in [2.05, 4.69) is 15.9 Å². The van der Waals surface area contributed by atoms with E-state index in [0.29, 0.717) is 16.4 Å². The average Bonchev–Trinajstić information content (AvgIpc) is 2.82. The van der Waals surface area contributed by atoms with Crippen LogP contribution in [0.2, 0.25) is 0 Å². The molecule has 2 rings (SSSR count). The van der Waals surface area contributed by atoms with Crippen LogP contribution in [0.25, 0.3) is 6.08 Å². The van der Waals surface area contributed by atoms with Gasteiger partial charge in [0.25, 0.3) is 11.1 Å². The van der Waals surface area contributed by atoms with E-state index >= 15 is 0 Å². The van der Waals surface area contributed by atoms with Gasteiger partial charge in [-0.15, -0.1) is 0 Å². The number of nitrogens with zero attached hydrogens (tertiary/aromatic N) is 1. The molecule has 1 saturated heterocycles. The molecule has 25 heavy (non-hydrogen) atoms. The minimum atomic E-state index is -0.248. The molecule has 1 aromatic rings. The van der Waals surface area contributed by atoms with Crippen molar-refractivity contribution in [2.24, 2.45) is 0 Å². The number of rotatable bonds is 6. The topological polar surface area (TPSA) is 55.8 Å². The number of methoxy groups -OCH3 is 1. The minimum absolute atomic E-state index is 0.00285. The maximum Gasteiger partial charge on any atom is 0.293 e. The van der Waals surface area contributed by atoms with Crippen molar-refractivity contribution >= 4 is 44.9 Å². The molecule has 0 radical (unpaired) electrons. The Bertz CT molecular complexity index is 717. The lowest BCUT2D eigenvalue weighted by atomic mass is 10.1. The highest BCUT2D eigenvalue weighted by Crippen LogP contribution is 2.40. The van der Waals surface area contributed by atoms with Gasteiger partial charge in [-0.25, -0.2) is 0 Å². The minimum Gasteiger partial charge on any atom is -0.493 e. The molecule has 1 aromatic carbocycles. The SMILES string of the molecule is CC[C@@H](C)N1C(=O)S/C(=C/c2cc(Br)c(OC(C)C)c(OC)c2)C1=O. The maximum absolute atomic E-state index is 12.5. The fourth-order valence-corrected chi connectivity index (χ4v) is 3.85. The molecular weight excluding hydrogens is 406 g/mol. The highest BCUT2D eigenvalue weighted by molar-refractivity contribution is 9.10. The van der Waals surface area contributed by atoms with Crippen LogP contribution in [0.1, 0.15) is 39.7 Å². The van der Waals surface area contributed by atoms with Crippen LogP contribution in [0.5, 0.6) is 11.5 Å². The molecule has 5 nitrogen and oxygen atoms in total. The Kier molecular flexibility index (Phi) is 6.57. The molecule has 1 heterocycles. The number of halogens is 1. The normalized spacial score (nSPS) is 17.6. The molecule has 1 atom stereocenters. The Labute approximate surface area is 160 Å². The third-order valence-electron chi connectivity index (χ3n) is 3.76. The van der Waals surface area contributed by atoms with Crippen LogP contribution in [-0.4, -0.2) is 35.3 Å². The number of hydrogen-bond donors (Lipinski definition) is 0. The van der Waals surface area contributed by atoms with E-state index in [1.165, 1.54) is 4.90 Å². The Morgan fingerprint density at radius 1 is 1.28 bits per heavy atom. The quantitative estimate of drug-likeness (QED) is 0.592. The highest BCUT2D eigenvalue weighted by atomic mass is 79.9. The molecule has 136 valence electrons. The van der Waals surface area contributed by atoms with Gasteiger partial charge in [-0.3, -0.25) is 14.5 Å². The summed E-state index contributed by atoms with van der Waals surface area (Å²) in [6.45, 7) is 7.69. The van der Waals surface area contributed by atoms with Crippen LogP contribution in [0, 0.1) is 0 Å². The van der Waals surface area contributed by atoms with Crippen LogP contribution in [0.3, 0.4) is 0 Å². The van der Waals surface area contributed by atoms with Crippen molar-refractivity contribution < 1.29 is 19.1 Å². The summed E-state index contributed by atoms with van der Waals surface area (Å²) in [5, 5.41) is -0.226. The Hall–Kier alpha value is -1.47. The van der Waals surface area contributed by atoms with Crippen molar-refractivity contribution in [2.45, 2.75) is 46.3 Å². The first-order valence-corrected chi connectivity index (χ1v) is 9.70. The van der Waals surface area contributed by atoms with Gasteiger partial charge >= 0.3 is 0 Å². The standard InChI is InChI=1S/C18H22BrNO4S/c1-6-11(4)20-17(21)15(25-18(20)22)9-12-7-13(19)16(24-10(2)3)14(8-12)23-5/h7-11H,6H2,1-5H3/b15-9+/t11-/m1/s1. The molecular formula is C18H22BrNO4S. The van der Waals surface area contributed by atoms with Crippen LogP contribution in [-0.2, 0) is 4.79 Å². The van der Waals surface area contributed by atoms with Crippen molar-refractivity contribution in [3.8, 4) is 11.5 Å². The zero-order valence-electron chi connectivity index (χ0n) is 15.0. The first-order chi connectivity index (χ1) is 11.8.